The fourth-order valence-corrected chi connectivity index (χ4v) is 8.90. The summed E-state index contributed by atoms with van der Waals surface area (Å²) < 4.78 is 0. The highest BCUT2D eigenvalue weighted by Crippen LogP contribution is 2.57. The Labute approximate surface area is 174 Å². The Kier molecular flexibility index (Phi) is 7.05. The second-order valence-electron chi connectivity index (χ2n) is 7.15. The van der Waals surface area contributed by atoms with Crippen molar-refractivity contribution in [2.24, 2.45) is 5.92 Å². The first kappa shape index (κ1) is 20.1. The Morgan fingerprint density at radius 1 is 0.630 bits per heavy atom. The zero-order valence-corrected chi connectivity index (χ0v) is 18.0. The van der Waals surface area contributed by atoms with Gasteiger partial charge in [-0.25, -0.2) is 0 Å². The normalized spacial score (nSPS) is 16.5. The first-order chi connectivity index (χ1) is 12.9. The summed E-state index contributed by atoms with van der Waals surface area (Å²) in [6.07, 6.45) is 9.76. The highest BCUT2D eigenvalue weighted by atomic mass is 79.9. The quantitative estimate of drug-likeness (QED) is 0.425. The highest BCUT2D eigenvalue weighted by Gasteiger charge is 2.46. The molecule has 0 fully saturated rings. The zero-order chi connectivity index (χ0) is 17.7. The van der Waals surface area contributed by atoms with Crippen LogP contribution in [0.15, 0.2) is 103 Å². The van der Waals surface area contributed by atoms with E-state index in [0.717, 1.165) is 5.92 Å². The summed E-state index contributed by atoms with van der Waals surface area (Å²) in [4.78, 5) is 0. The van der Waals surface area contributed by atoms with Crippen LogP contribution in [0.1, 0.15) is 19.3 Å². The molecule has 2 heteroatoms. The summed E-state index contributed by atoms with van der Waals surface area (Å²) in [7, 11) is -1.66. The lowest BCUT2D eigenvalue weighted by Gasteiger charge is -2.31. The predicted octanol–water partition coefficient (Wildman–Crippen LogP) is 2.34. The van der Waals surface area contributed by atoms with Crippen molar-refractivity contribution >= 4 is 23.2 Å². The molecule has 3 aromatic rings. The molecular formula is C25H26BrP. The van der Waals surface area contributed by atoms with Crippen molar-refractivity contribution in [1.82, 2.24) is 0 Å². The Hall–Kier alpha value is -1.69. The molecule has 0 nitrogen and oxygen atoms in total. The maximum atomic E-state index is 2.39. The van der Waals surface area contributed by atoms with E-state index in [1.54, 1.807) is 0 Å². The highest BCUT2D eigenvalue weighted by molar-refractivity contribution is 7.95. The van der Waals surface area contributed by atoms with Crippen LogP contribution in [0.5, 0.6) is 0 Å². The summed E-state index contributed by atoms with van der Waals surface area (Å²) in [6, 6.07) is 33.8. The van der Waals surface area contributed by atoms with E-state index in [4.69, 9.17) is 0 Å². The first-order valence-electron chi connectivity index (χ1n) is 9.59. The molecule has 1 aliphatic rings. The Morgan fingerprint density at radius 2 is 1.07 bits per heavy atom. The summed E-state index contributed by atoms with van der Waals surface area (Å²) in [5, 5.41) is 4.52. The molecule has 0 heterocycles. The average Bonchev–Trinajstić information content (AvgIpc) is 2.75. The fraction of sp³-hybridized carbons (Fsp3) is 0.200. The number of benzene rings is 3. The topological polar surface area (TPSA) is 0 Å². The minimum Gasteiger partial charge on any atom is -1.00 e. The Bertz CT molecular complexity index is 747. The molecule has 27 heavy (non-hydrogen) atoms. The molecule has 0 unspecified atom stereocenters. The van der Waals surface area contributed by atoms with Gasteiger partial charge in [0.25, 0.3) is 0 Å². The van der Waals surface area contributed by atoms with E-state index in [1.165, 1.54) is 41.3 Å². The third kappa shape index (κ3) is 4.26. The van der Waals surface area contributed by atoms with Gasteiger partial charge in [-0.2, -0.15) is 0 Å². The second kappa shape index (κ2) is 9.49. The van der Waals surface area contributed by atoms with Crippen LogP contribution in [-0.4, -0.2) is 6.16 Å². The summed E-state index contributed by atoms with van der Waals surface area (Å²) >= 11 is 0. The number of halogens is 1. The molecule has 0 aliphatic heterocycles. The van der Waals surface area contributed by atoms with E-state index in [9.17, 15) is 0 Å². The predicted molar refractivity (Wildman–Crippen MR) is 116 cm³/mol. The SMILES string of the molecule is C1=CC[C@H](C[P+](c2ccccc2)(c2ccccc2)c2ccccc2)CC1.[Br-]. The van der Waals surface area contributed by atoms with E-state index in [-0.39, 0.29) is 17.0 Å². The second-order valence-corrected chi connectivity index (χ2v) is 10.7. The summed E-state index contributed by atoms with van der Waals surface area (Å²) in [5.74, 6) is 0.758. The maximum Gasteiger partial charge on any atom is 0.112 e. The van der Waals surface area contributed by atoms with Gasteiger partial charge < -0.3 is 17.0 Å². The molecule has 0 aromatic heterocycles. The average molecular weight is 437 g/mol. The van der Waals surface area contributed by atoms with Gasteiger partial charge in [-0.1, -0.05) is 66.7 Å². The van der Waals surface area contributed by atoms with Gasteiger partial charge in [-0.15, -0.1) is 0 Å². The molecule has 0 spiro atoms. The molecule has 0 radical (unpaired) electrons. The van der Waals surface area contributed by atoms with E-state index in [1.807, 2.05) is 0 Å². The lowest BCUT2D eigenvalue weighted by atomic mass is 9.96. The molecule has 0 saturated heterocycles. The minimum absolute atomic E-state index is 0. The maximum absolute atomic E-state index is 2.39. The lowest BCUT2D eigenvalue weighted by molar-refractivity contribution is -0.00000509. The van der Waals surface area contributed by atoms with E-state index in [2.05, 4.69) is 103 Å². The minimum atomic E-state index is -1.66. The van der Waals surface area contributed by atoms with Crippen LogP contribution < -0.4 is 32.9 Å². The van der Waals surface area contributed by atoms with Crippen molar-refractivity contribution < 1.29 is 17.0 Å². The van der Waals surface area contributed by atoms with Gasteiger partial charge in [0.2, 0.25) is 0 Å². The van der Waals surface area contributed by atoms with Crippen LogP contribution in [0, 0.1) is 5.92 Å². The monoisotopic (exact) mass is 436 g/mol. The Balaban J connectivity index is 0.00000210. The summed E-state index contributed by atoms with van der Waals surface area (Å²) in [5.41, 5.74) is 0. The molecule has 3 aromatic carbocycles. The van der Waals surface area contributed by atoms with Crippen LogP contribution >= 0.6 is 7.26 Å². The number of hydrogen-bond donors (Lipinski definition) is 0. The van der Waals surface area contributed by atoms with Crippen molar-refractivity contribution in [1.29, 1.82) is 0 Å². The molecule has 0 saturated carbocycles. The van der Waals surface area contributed by atoms with Crippen LogP contribution in [-0.2, 0) is 0 Å². The van der Waals surface area contributed by atoms with Crippen molar-refractivity contribution in [3.05, 3.63) is 103 Å². The smallest absolute Gasteiger partial charge is 0.112 e. The zero-order valence-electron chi connectivity index (χ0n) is 15.5. The van der Waals surface area contributed by atoms with E-state index < -0.39 is 7.26 Å². The van der Waals surface area contributed by atoms with Gasteiger partial charge in [-0.3, -0.25) is 0 Å². The van der Waals surface area contributed by atoms with Gasteiger partial charge in [0, 0.05) is 0 Å². The molecule has 0 amide bonds. The van der Waals surface area contributed by atoms with Crippen molar-refractivity contribution in [2.45, 2.75) is 19.3 Å². The number of rotatable bonds is 5. The molecule has 1 atom stereocenters. The molecule has 4 rings (SSSR count). The van der Waals surface area contributed by atoms with Crippen molar-refractivity contribution in [3.63, 3.8) is 0 Å². The molecule has 138 valence electrons. The van der Waals surface area contributed by atoms with Gasteiger partial charge in [-0.05, 0) is 61.6 Å². The molecule has 0 N–H and O–H groups in total. The molecular weight excluding hydrogens is 411 g/mol. The number of hydrogen-bond acceptors (Lipinski definition) is 0. The van der Waals surface area contributed by atoms with Crippen LogP contribution in [0.2, 0.25) is 0 Å². The third-order valence-corrected chi connectivity index (χ3v) is 10.1. The largest absolute Gasteiger partial charge is 1.00 e. The van der Waals surface area contributed by atoms with Crippen molar-refractivity contribution in [3.8, 4) is 0 Å². The summed E-state index contributed by atoms with van der Waals surface area (Å²) in [6.45, 7) is 0. The molecule has 1 aliphatic carbocycles. The van der Waals surface area contributed by atoms with Crippen molar-refractivity contribution in [2.75, 3.05) is 6.16 Å². The standard InChI is InChI=1S/C25H26P.BrH/c1-5-13-22(14-6-1)21-26(23-15-7-2-8-16-23,24-17-9-3-10-18-24)25-19-11-4-12-20-25;/h1-5,7-12,15-20,22H,6,13-14,21H2;1H/q+1;/p-1/t22-;/m0./s1. The number of allylic oxidation sites excluding steroid dienone is 2. The lowest BCUT2D eigenvalue weighted by Crippen LogP contribution is -3.00. The molecule has 0 bridgehead atoms. The van der Waals surface area contributed by atoms with Gasteiger partial charge in [0.15, 0.2) is 0 Å². The van der Waals surface area contributed by atoms with Crippen LogP contribution in [0.3, 0.4) is 0 Å². The van der Waals surface area contributed by atoms with Gasteiger partial charge in [0.1, 0.15) is 23.2 Å². The Morgan fingerprint density at radius 3 is 1.44 bits per heavy atom. The van der Waals surface area contributed by atoms with Crippen LogP contribution in [0.25, 0.3) is 0 Å². The van der Waals surface area contributed by atoms with Gasteiger partial charge >= 0.3 is 0 Å². The first-order valence-corrected chi connectivity index (χ1v) is 11.6. The third-order valence-electron chi connectivity index (χ3n) is 5.50. The van der Waals surface area contributed by atoms with Crippen LogP contribution in [0.4, 0.5) is 0 Å². The van der Waals surface area contributed by atoms with Gasteiger partial charge in [0.05, 0.1) is 6.16 Å². The fourth-order valence-electron chi connectivity index (χ4n) is 4.22. The van der Waals surface area contributed by atoms with E-state index in [0.29, 0.717) is 0 Å². The van der Waals surface area contributed by atoms with E-state index >= 15 is 0 Å².